The van der Waals surface area contributed by atoms with Gasteiger partial charge >= 0.3 is 0 Å². The Kier molecular flexibility index (Phi) is 34.0. The van der Waals surface area contributed by atoms with Crippen molar-refractivity contribution in [2.45, 2.75) is 535 Å². The Morgan fingerprint density at radius 3 is 0.525 bits per heavy atom. The van der Waals surface area contributed by atoms with Gasteiger partial charge in [-0.25, -0.2) is 0 Å². The second-order valence-electron chi connectivity index (χ2n) is 47.3. The molecular weight excluding hydrogens is 1510 g/mol. The summed E-state index contributed by atoms with van der Waals surface area (Å²) in [6.45, 7) is 78.2. The topological polar surface area (TPSA) is 244 Å². The van der Waals surface area contributed by atoms with E-state index in [9.17, 15) is 0 Å². The van der Waals surface area contributed by atoms with E-state index in [1.807, 2.05) is 0 Å². The molecule has 122 heavy (non-hydrogen) atoms. The summed E-state index contributed by atoms with van der Waals surface area (Å²) in [5, 5.41) is 37.6. The summed E-state index contributed by atoms with van der Waals surface area (Å²) < 4.78 is 0. The van der Waals surface area contributed by atoms with Crippen molar-refractivity contribution in [1.82, 2.24) is 76.8 Å². The smallest absolute Gasteiger partial charge is 0.232 e. The fourth-order valence-corrected chi connectivity index (χ4v) is 24.0. The first-order valence-corrected chi connectivity index (χ1v) is 49.8. The lowest BCUT2D eigenvalue weighted by molar-refractivity contribution is 0.156. The zero-order valence-electron chi connectivity index (χ0n) is 84.2. The second kappa shape index (κ2) is 41.2. The van der Waals surface area contributed by atoms with Crippen LogP contribution in [0.4, 0.5) is 53.5 Å². The molecule has 9 rings (SSSR count). The van der Waals surface area contributed by atoms with Crippen molar-refractivity contribution in [2.75, 3.05) is 84.6 Å². The Hall–Kier alpha value is -5.01. The van der Waals surface area contributed by atoms with Crippen molar-refractivity contribution < 1.29 is 0 Å². The molecule has 6 aliphatic rings. The first kappa shape index (κ1) is 101. The number of hydrogen-bond donors (Lipinski definition) is 9. The Bertz CT molecular complexity index is 3050. The van der Waals surface area contributed by atoms with Gasteiger partial charge in [-0.05, 0) is 288 Å². The molecule has 0 aromatic carbocycles. The van der Waals surface area contributed by atoms with Crippen molar-refractivity contribution >= 4 is 53.5 Å². The van der Waals surface area contributed by atoms with E-state index in [1.54, 1.807) is 0 Å². The number of piperidine rings is 6. The van der Waals surface area contributed by atoms with Crippen LogP contribution in [-0.4, -0.2) is 193 Å². The van der Waals surface area contributed by atoms with Crippen LogP contribution in [0.3, 0.4) is 0 Å². The fraction of sp³-hybridized carbons (Fsp3) is 0.908. The van der Waals surface area contributed by atoms with E-state index in [0.717, 1.165) is 213 Å². The minimum atomic E-state index is -1.43. The molecule has 698 valence electrons. The Morgan fingerprint density at radius 2 is 0.369 bits per heavy atom. The molecule has 24 nitrogen and oxygen atoms in total. The fourth-order valence-electron chi connectivity index (χ4n) is 24.0. The predicted molar refractivity (Wildman–Crippen MR) is 520 cm³/mol. The van der Waals surface area contributed by atoms with Crippen LogP contribution in [0, 0.1) is 0 Å². The van der Waals surface area contributed by atoms with Crippen molar-refractivity contribution in [1.29, 1.82) is 0 Å². The van der Waals surface area contributed by atoms with Gasteiger partial charge in [-0.1, -0.05) is 132 Å². The predicted octanol–water partition coefficient (Wildman–Crippen LogP) is 20.6. The molecule has 24 heteroatoms. The standard InChI is InChI=1S/C98H186N24/c1-32-39-46-47-48-49-50-51-52-98(108-77-99-80(117(53-40-33-2)71-59-86(8,9)111-87(10,11)60-71)105-81(100-77)118(54-41-34-3)72-61-88(12,13)112-89(14,15)62-72,109-78-101-82(119(55-42-35-4)73-63-90(16,17)113-91(18,19)64-73)106-83(102-78)120(56-43-36-5)74-65-92(20,21)114-93(22,23)66-74)110-79-103-84(121(57-44-37-6)75-67-94(24,25)115-95(26,27)68-75)107-85(104-79)122(58-45-38-7)76-69-96(28,29)116-97(30,31)70-76/h71-76,111-116H,32-70H2,1-31H3,(H,99,100,105,108)(H,101,102,106,109)(H,103,104,107,110). The first-order chi connectivity index (χ1) is 56.8. The van der Waals surface area contributed by atoms with Crippen LogP contribution in [0.2, 0.25) is 0 Å². The van der Waals surface area contributed by atoms with Gasteiger partial charge in [0.1, 0.15) is 0 Å². The number of hydrogen-bond acceptors (Lipinski definition) is 24. The molecule has 0 atom stereocenters. The molecular formula is C98H186N24. The van der Waals surface area contributed by atoms with E-state index in [4.69, 9.17) is 44.9 Å². The highest BCUT2D eigenvalue weighted by atomic mass is 15.5. The molecule has 0 bridgehead atoms. The monoisotopic (exact) mass is 1700 g/mol. The summed E-state index contributed by atoms with van der Waals surface area (Å²) >= 11 is 0. The number of nitrogens with zero attached hydrogens (tertiary/aromatic N) is 15. The zero-order valence-corrected chi connectivity index (χ0v) is 84.2. The summed E-state index contributed by atoms with van der Waals surface area (Å²) in [5.41, 5.74) is -1.90. The Labute approximate surface area is 745 Å². The largest absolute Gasteiger partial charge is 0.338 e. The van der Waals surface area contributed by atoms with E-state index in [1.165, 1.54) is 32.1 Å². The van der Waals surface area contributed by atoms with Gasteiger partial charge in [0, 0.05) is 148 Å². The van der Waals surface area contributed by atoms with Crippen LogP contribution in [-0.2, 0) is 0 Å². The summed E-state index contributed by atoms with van der Waals surface area (Å²) in [6, 6.07) is 0.729. The maximum atomic E-state index is 6.04. The quantitative estimate of drug-likeness (QED) is 0.0189. The summed E-state index contributed by atoms with van der Waals surface area (Å²) in [4.78, 5) is 69.7. The SMILES string of the molecule is CCCCCCCCCCC(Nc1nc(N(CCCC)C2CC(C)(C)NC(C)(C)C2)nc(N(CCCC)C2CC(C)(C)NC(C)(C)C2)n1)(Nc1nc(N(CCCC)C2CC(C)(C)NC(C)(C)C2)nc(N(CCCC)C2CC(C)(C)NC(C)(C)C2)n1)Nc1nc(N(CCCC)C2CC(C)(C)NC(C)(C)C2)nc(N(CCCC)C2CC(C)(C)NC(C)(C)C2)n1. The van der Waals surface area contributed by atoms with Crippen LogP contribution in [0.1, 0.15) is 427 Å². The molecule has 0 saturated carbocycles. The van der Waals surface area contributed by atoms with Crippen molar-refractivity contribution in [2.24, 2.45) is 0 Å². The van der Waals surface area contributed by atoms with E-state index in [2.05, 4.69) is 292 Å². The van der Waals surface area contributed by atoms with E-state index >= 15 is 0 Å². The lowest BCUT2D eigenvalue weighted by Crippen LogP contribution is -2.63. The van der Waals surface area contributed by atoms with Gasteiger partial charge < -0.3 is 77.3 Å². The van der Waals surface area contributed by atoms with Gasteiger partial charge in [0.15, 0.2) is 5.79 Å². The molecule has 0 radical (unpaired) electrons. The summed E-state index contributed by atoms with van der Waals surface area (Å²) in [6.07, 6.45) is 32.7. The molecule has 6 aliphatic heterocycles. The van der Waals surface area contributed by atoms with Gasteiger partial charge in [0.2, 0.25) is 53.5 Å². The van der Waals surface area contributed by atoms with E-state index in [0.29, 0.717) is 60.0 Å². The van der Waals surface area contributed by atoms with Gasteiger partial charge in [0.05, 0.1) is 0 Å². The highest BCUT2D eigenvalue weighted by molar-refractivity contribution is 5.57. The molecule has 9 N–H and O–H groups in total. The highest BCUT2D eigenvalue weighted by Crippen LogP contribution is 2.44. The molecule has 9 heterocycles. The first-order valence-electron chi connectivity index (χ1n) is 49.8. The van der Waals surface area contributed by atoms with Crippen molar-refractivity contribution in [3.8, 4) is 0 Å². The van der Waals surface area contributed by atoms with E-state index < -0.39 is 5.79 Å². The third-order valence-corrected chi connectivity index (χ3v) is 26.9. The van der Waals surface area contributed by atoms with Gasteiger partial charge in [0.25, 0.3) is 0 Å². The van der Waals surface area contributed by atoms with Gasteiger partial charge in [-0.15, -0.1) is 0 Å². The Morgan fingerprint density at radius 1 is 0.221 bits per heavy atom. The lowest BCUT2D eigenvalue weighted by atomic mass is 9.79. The van der Waals surface area contributed by atoms with Crippen LogP contribution in [0.15, 0.2) is 0 Å². The molecule has 6 fully saturated rings. The van der Waals surface area contributed by atoms with Crippen molar-refractivity contribution in [3.63, 3.8) is 0 Å². The minimum absolute atomic E-state index is 0.121. The average molecular weight is 1700 g/mol. The summed E-state index contributed by atoms with van der Waals surface area (Å²) in [7, 11) is 0. The molecule has 0 spiro atoms. The highest BCUT2D eigenvalue weighted by Gasteiger charge is 2.50. The third-order valence-electron chi connectivity index (χ3n) is 26.9. The molecule has 0 amide bonds. The number of nitrogens with one attached hydrogen (secondary N) is 9. The van der Waals surface area contributed by atoms with Crippen LogP contribution in [0.5, 0.6) is 0 Å². The number of aromatic nitrogens is 9. The molecule has 3 aromatic heterocycles. The van der Waals surface area contributed by atoms with Gasteiger partial charge in [-0.3, -0.25) is 0 Å². The van der Waals surface area contributed by atoms with Crippen molar-refractivity contribution in [3.05, 3.63) is 0 Å². The lowest BCUT2D eigenvalue weighted by Gasteiger charge is -2.50. The molecule has 3 aromatic rings. The molecule has 0 aliphatic carbocycles. The summed E-state index contributed by atoms with van der Waals surface area (Å²) in [5.74, 6) is 4.18. The maximum Gasteiger partial charge on any atom is 0.232 e. The molecule has 0 unspecified atom stereocenters. The van der Waals surface area contributed by atoms with Crippen LogP contribution in [0.25, 0.3) is 0 Å². The number of unbranched alkanes of at least 4 members (excludes halogenated alkanes) is 13. The van der Waals surface area contributed by atoms with Crippen LogP contribution >= 0.6 is 0 Å². The third kappa shape index (κ3) is 29.5. The number of anilines is 9. The molecule has 6 saturated heterocycles. The van der Waals surface area contributed by atoms with Gasteiger partial charge in [-0.2, -0.15) is 44.9 Å². The van der Waals surface area contributed by atoms with E-state index in [-0.39, 0.29) is 103 Å². The minimum Gasteiger partial charge on any atom is -0.338 e. The maximum absolute atomic E-state index is 6.04. The number of rotatable bonds is 45. The average Bonchev–Trinajstić information content (AvgIpc) is 0.768. The Balaban J connectivity index is 1.44. The second-order valence-corrected chi connectivity index (χ2v) is 47.3. The van der Waals surface area contributed by atoms with Crippen LogP contribution < -0.4 is 77.3 Å². The normalized spacial score (nSPS) is 22.5. The zero-order chi connectivity index (χ0) is 89.9.